The molecule has 0 radical (unpaired) electrons. The molecule has 2 heterocycles. The molecular formula is C17H15N3O2S. The molecule has 0 fully saturated rings. The molecule has 5 nitrogen and oxygen atoms in total. The summed E-state index contributed by atoms with van der Waals surface area (Å²) in [5.74, 6) is 1.40. The van der Waals surface area contributed by atoms with Gasteiger partial charge in [-0.2, -0.15) is 5.26 Å². The van der Waals surface area contributed by atoms with Crippen molar-refractivity contribution in [3.05, 3.63) is 52.2 Å². The van der Waals surface area contributed by atoms with Crippen LogP contribution in [0.2, 0.25) is 0 Å². The maximum atomic E-state index is 9.04. The SMILES string of the molecule is CCc1sc(-c2nnc(COc3ccccc3C#N)o2)cc1C. The van der Waals surface area contributed by atoms with Crippen molar-refractivity contribution >= 4 is 11.3 Å². The van der Waals surface area contributed by atoms with E-state index in [4.69, 9.17) is 14.4 Å². The molecule has 0 unspecified atom stereocenters. The van der Waals surface area contributed by atoms with Crippen LogP contribution in [0.1, 0.15) is 28.8 Å². The predicted molar refractivity (Wildman–Crippen MR) is 87.2 cm³/mol. The molecular weight excluding hydrogens is 310 g/mol. The molecule has 0 spiro atoms. The number of thiophene rings is 1. The zero-order chi connectivity index (χ0) is 16.2. The molecule has 3 rings (SSSR count). The van der Waals surface area contributed by atoms with Crippen LogP contribution < -0.4 is 4.74 Å². The summed E-state index contributed by atoms with van der Waals surface area (Å²) in [6.45, 7) is 4.34. The van der Waals surface area contributed by atoms with Crippen LogP contribution in [-0.4, -0.2) is 10.2 Å². The molecule has 0 amide bonds. The van der Waals surface area contributed by atoms with Gasteiger partial charge in [0.05, 0.1) is 10.4 Å². The van der Waals surface area contributed by atoms with Gasteiger partial charge >= 0.3 is 0 Å². The Labute approximate surface area is 138 Å². The fraction of sp³-hybridized carbons (Fsp3) is 0.235. The lowest BCUT2D eigenvalue weighted by atomic mass is 10.2. The molecule has 0 atom stereocenters. The van der Waals surface area contributed by atoms with Crippen LogP contribution in [0.3, 0.4) is 0 Å². The van der Waals surface area contributed by atoms with Crippen molar-refractivity contribution in [2.75, 3.05) is 0 Å². The summed E-state index contributed by atoms with van der Waals surface area (Å²) in [6, 6.07) is 11.2. The third-order valence-electron chi connectivity index (χ3n) is 3.38. The molecule has 0 aliphatic carbocycles. The average molecular weight is 325 g/mol. The van der Waals surface area contributed by atoms with Crippen molar-refractivity contribution in [2.24, 2.45) is 0 Å². The van der Waals surface area contributed by atoms with E-state index in [-0.39, 0.29) is 6.61 Å². The van der Waals surface area contributed by atoms with Gasteiger partial charge in [0.25, 0.3) is 11.8 Å². The Balaban J connectivity index is 1.73. The van der Waals surface area contributed by atoms with Crippen LogP contribution in [0.4, 0.5) is 0 Å². The first-order valence-electron chi connectivity index (χ1n) is 7.25. The second kappa shape index (κ2) is 6.63. The Bertz CT molecular complexity index is 861. The van der Waals surface area contributed by atoms with E-state index in [1.165, 1.54) is 10.4 Å². The maximum Gasteiger partial charge on any atom is 0.257 e. The van der Waals surface area contributed by atoms with Crippen LogP contribution in [-0.2, 0) is 13.0 Å². The Morgan fingerprint density at radius 3 is 2.87 bits per heavy atom. The van der Waals surface area contributed by atoms with Crippen molar-refractivity contribution in [3.63, 3.8) is 0 Å². The Morgan fingerprint density at radius 2 is 2.13 bits per heavy atom. The van der Waals surface area contributed by atoms with Gasteiger partial charge in [0.2, 0.25) is 0 Å². The molecule has 0 aliphatic rings. The third-order valence-corrected chi connectivity index (χ3v) is 4.75. The summed E-state index contributed by atoms with van der Waals surface area (Å²) >= 11 is 1.67. The number of rotatable bonds is 5. The second-order valence-corrected chi connectivity index (χ2v) is 6.10. The first-order chi connectivity index (χ1) is 11.2. The molecule has 0 aliphatic heterocycles. The van der Waals surface area contributed by atoms with Crippen molar-refractivity contribution in [2.45, 2.75) is 26.9 Å². The number of para-hydroxylation sites is 1. The van der Waals surface area contributed by atoms with Crippen molar-refractivity contribution in [1.82, 2.24) is 10.2 Å². The highest BCUT2D eigenvalue weighted by Gasteiger charge is 2.13. The highest BCUT2D eigenvalue weighted by molar-refractivity contribution is 7.15. The van der Waals surface area contributed by atoms with Gasteiger partial charge < -0.3 is 9.15 Å². The van der Waals surface area contributed by atoms with Crippen molar-refractivity contribution in [3.8, 4) is 22.6 Å². The Kier molecular flexibility index (Phi) is 4.40. The summed E-state index contributed by atoms with van der Waals surface area (Å²) in [6.07, 6.45) is 0.992. The fourth-order valence-corrected chi connectivity index (χ4v) is 3.25. The van der Waals surface area contributed by atoms with E-state index in [9.17, 15) is 0 Å². The highest BCUT2D eigenvalue weighted by atomic mass is 32.1. The number of benzene rings is 1. The lowest BCUT2D eigenvalue weighted by Crippen LogP contribution is -1.97. The summed E-state index contributed by atoms with van der Waals surface area (Å²) in [5.41, 5.74) is 1.72. The van der Waals surface area contributed by atoms with Crippen molar-refractivity contribution in [1.29, 1.82) is 5.26 Å². The van der Waals surface area contributed by atoms with E-state index in [2.05, 4.69) is 36.2 Å². The molecule has 116 valence electrons. The van der Waals surface area contributed by atoms with E-state index in [0.29, 0.717) is 23.1 Å². The first-order valence-corrected chi connectivity index (χ1v) is 8.07. The third kappa shape index (κ3) is 3.25. The van der Waals surface area contributed by atoms with Gasteiger partial charge in [0.1, 0.15) is 11.8 Å². The lowest BCUT2D eigenvalue weighted by molar-refractivity contribution is 0.264. The minimum atomic E-state index is 0.136. The van der Waals surface area contributed by atoms with Gasteiger partial charge in [0.15, 0.2) is 6.61 Å². The lowest BCUT2D eigenvalue weighted by Gasteiger charge is -2.04. The maximum absolute atomic E-state index is 9.04. The van der Waals surface area contributed by atoms with Crippen LogP contribution in [0.15, 0.2) is 34.7 Å². The van der Waals surface area contributed by atoms with Gasteiger partial charge in [-0.05, 0) is 37.1 Å². The van der Waals surface area contributed by atoms with Crippen LogP contribution in [0, 0.1) is 18.3 Å². The van der Waals surface area contributed by atoms with Gasteiger partial charge in [-0.3, -0.25) is 0 Å². The molecule has 2 aromatic heterocycles. The number of hydrogen-bond acceptors (Lipinski definition) is 6. The molecule has 23 heavy (non-hydrogen) atoms. The number of aromatic nitrogens is 2. The topological polar surface area (TPSA) is 71.9 Å². The molecule has 0 saturated heterocycles. The minimum absolute atomic E-state index is 0.136. The molecule has 1 aromatic carbocycles. The van der Waals surface area contributed by atoms with Gasteiger partial charge in [-0.1, -0.05) is 19.1 Å². The van der Waals surface area contributed by atoms with Crippen LogP contribution >= 0.6 is 11.3 Å². The monoisotopic (exact) mass is 325 g/mol. The molecule has 0 bridgehead atoms. The molecule has 6 heteroatoms. The Hall–Kier alpha value is -2.65. The standard InChI is InChI=1S/C17H15N3O2S/c1-3-14-11(2)8-15(23-14)17-20-19-16(22-17)10-21-13-7-5-4-6-12(13)9-18/h4-8H,3,10H2,1-2H3. The fourth-order valence-electron chi connectivity index (χ4n) is 2.21. The van der Waals surface area contributed by atoms with Gasteiger partial charge in [-0.15, -0.1) is 21.5 Å². The zero-order valence-corrected chi connectivity index (χ0v) is 13.7. The van der Waals surface area contributed by atoms with Crippen LogP contribution in [0.5, 0.6) is 5.75 Å². The Morgan fingerprint density at radius 1 is 1.30 bits per heavy atom. The number of nitrogens with zero attached hydrogens (tertiary/aromatic N) is 3. The number of aryl methyl sites for hydroxylation is 2. The summed E-state index contributed by atoms with van der Waals surface area (Å²) in [5, 5.41) is 17.1. The van der Waals surface area contributed by atoms with E-state index in [1.54, 1.807) is 29.5 Å². The number of nitriles is 1. The average Bonchev–Trinajstić information content (AvgIpc) is 3.19. The van der Waals surface area contributed by atoms with Crippen molar-refractivity contribution < 1.29 is 9.15 Å². The number of ether oxygens (including phenoxy) is 1. The molecule has 3 aromatic rings. The largest absolute Gasteiger partial charge is 0.482 e. The van der Waals surface area contributed by atoms with E-state index < -0.39 is 0 Å². The summed E-state index contributed by atoms with van der Waals surface area (Å²) in [7, 11) is 0. The van der Waals surface area contributed by atoms with E-state index >= 15 is 0 Å². The summed E-state index contributed by atoms with van der Waals surface area (Å²) < 4.78 is 11.3. The number of hydrogen-bond donors (Lipinski definition) is 0. The van der Waals surface area contributed by atoms with Gasteiger partial charge in [-0.25, -0.2) is 0 Å². The van der Waals surface area contributed by atoms with E-state index in [0.717, 1.165) is 11.3 Å². The second-order valence-electron chi connectivity index (χ2n) is 4.97. The highest BCUT2D eigenvalue weighted by Crippen LogP contribution is 2.30. The molecule has 0 saturated carbocycles. The van der Waals surface area contributed by atoms with Crippen LogP contribution in [0.25, 0.3) is 10.8 Å². The normalized spacial score (nSPS) is 10.5. The minimum Gasteiger partial charge on any atom is -0.482 e. The van der Waals surface area contributed by atoms with E-state index in [1.807, 2.05) is 6.07 Å². The quantitative estimate of drug-likeness (QED) is 0.705. The smallest absolute Gasteiger partial charge is 0.257 e. The molecule has 0 N–H and O–H groups in total. The predicted octanol–water partition coefficient (Wildman–Crippen LogP) is 4.12. The zero-order valence-electron chi connectivity index (χ0n) is 12.9. The van der Waals surface area contributed by atoms with Gasteiger partial charge in [0, 0.05) is 4.88 Å². The first kappa shape index (κ1) is 15.3. The summed E-state index contributed by atoms with van der Waals surface area (Å²) in [4.78, 5) is 2.29.